The molecule has 1 aromatic rings. The van der Waals surface area contributed by atoms with Crippen molar-refractivity contribution in [1.82, 2.24) is 9.88 Å². The van der Waals surface area contributed by atoms with E-state index in [2.05, 4.69) is 21.2 Å². The van der Waals surface area contributed by atoms with Gasteiger partial charge in [-0.1, -0.05) is 13.8 Å². The van der Waals surface area contributed by atoms with Gasteiger partial charge in [-0.3, -0.25) is 9.59 Å². The minimum Gasteiger partial charge on any atom is -0.481 e. The number of carboxylic acid groups (broad SMARTS) is 1. The Kier molecular flexibility index (Phi) is 6.45. The third kappa shape index (κ3) is 5.19. The molecular weight excluding hydrogens is 336 g/mol. The van der Waals surface area contributed by atoms with Crippen LogP contribution >= 0.6 is 15.9 Å². The number of rotatable bonds is 7. The van der Waals surface area contributed by atoms with E-state index in [0.29, 0.717) is 12.1 Å². The zero-order valence-electron chi connectivity index (χ0n) is 12.9. The fourth-order valence-electron chi connectivity index (χ4n) is 2.20. The van der Waals surface area contributed by atoms with Crippen molar-refractivity contribution in [3.8, 4) is 0 Å². The molecule has 1 unspecified atom stereocenters. The van der Waals surface area contributed by atoms with Gasteiger partial charge in [-0.2, -0.15) is 0 Å². The summed E-state index contributed by atoms with van der Waals surface area (Å²) in [5.41, 5.74) is 0.533. The van der Waals surface area contributed by atoms with Crippen LogP contribution in [0.5, 0.6) is 0 Å². The molecule has 1 atom stereocenters. The second-order valence-electron chi connectivity index (χ2n) is 5.92. The van der Waals surface area contributed by atoms with E-state index < -0.39 is 11.9 Å². The maximum Gasteiger partial charge on any atom is 0.308 e. The normalized spacial score (nSPS) is 12.7. The number of carbonyl (C=O) groups excluding carboxylic acids is 1. The molecule has 0 aliphatic rings. The molecule has 21 heavy (non-hydrogen) atoms. The van der Waals surface area contributed by atoms with Crippen molar-refractivity contribution < 1.29 is 14.7 Å². The summed E-state index contributed by atoms with van der Waals surface area (Å²) >= 11 is 3.36. The molecule has 6 heteroatoms. The Labute approximate surface area is 133 Å². The first-order valence-corrected chi connectivity index (χ1v) is 7.90. The van der Waals surface area contributed by atoms with Crippen molar-refractivity contribution in [1.29, 1.82) is 0 Å². The topological polar surface area (TPSA) is 71.3 Å². The number of aliphatic carboxylic acids is 1. The van der Waals surface area contributed by atoms with Gasteiger partial charge in [0.05, 0.1) is 5.92 Å². The van der Waals surface area contributed by atoms with E-state index in [1.165, 1.54) is 0 Å². The first kappa shape index (κ1) is 17.8. The molecule has 5 nitrogen and oxygen atoms in total. The molecule has 2 N–H and O–H groups in total. The standard InChI is InChI=1S/C15H23BrN2O3/c1-9(2)5-11(15(20)21)7-17-14(19)13-6-12(16)8-18(13)10(3)4/h6,8-11H,5,7H2,1-4H3,(H,17,19)(H,20,21). The number of carbonyl (C=O) groups is 2. The lowest BCUT2D eigenvalue weighted by Gasteiger charge is -2.17. The summed E-state index contributed by atoms with van der Waals surface area (Å²) in [6.07, 6.45) is 2.40. The molecule has 0 fully saturated rings. The maximum atomic E-state index is 12.3. The Morgan fingerprint density at radius 1 is 1.33 bits per heavy atom. The molecule has 118 valence electrons. The predicted octanol–water partition coefficient (Wildman–Crippen LogP) is 3.31. The number of nitrogens with one attached hydrogen (secondary N) is 1. The lowest BCUT2D eigenvalue weighted by atomic mass is 9.97. The quantitative estimate of drug-likeness (QED) is 0.785. The van der Waals surface area contributed by atoms with Gasteiger partial charge in [-0.05, 0) is 48.2 Å². The number of amides is 1. The molecule has 0 saturated carbocycles. The monoisotopic (exact) mass is 358 g/mol. The van der Waals surface area contributed by atoms with E-state index in [1.54, 1.807) is 6.07 Å². The second kappa shape index (κ2) is 7.64. The van der Waals surface area contributed by atoms with Crippen molar-refractivity contribution in [2.24, 2.45) is 11.8 Å². The van der Waals surface area contributed by atoms with Crippen molar-refractivity contribution in [2.75, 3.05) is 6.54 Å². The molecule has 1 aromatic heterocycles. The fraction of sp³-hybridized carbons (Fsp3) is 0.600. The van der Waals surface area contributed by atoms with Crippen LogP contribution in [-0.4, -0.2) is 28.1 Å². The fourth-order valence-corrected chi connectivity index (χ4v) is 2.64. The van der Waals surface area contributed by atoms with Crippen molar-refractivity contribution >= 4 is 27.8 Å². The van der Waals surface area contributed by atoms with Crippen molar-refractivity contribution in [3.63, 3.8) is 0 Å². The van der Waals surface area contributed by atoms with Gasteiger partial charge in [-0.15, -0.1) is 0 Å². The number of carboxylic acids is 1. The third-order valence-corrected chi connectivity index (χ3v) is 3.65. The van der Waals surface area contributed by atoms with Gasteiger partial charge in [0.2, 0.25) is 0 Å². The Hall–Kier alpha value is -1.30. The summed E-state index contributed by atoms with van der Waals surface area (Å²) in [6, 6.07) is 1.90. The van der Waals surface area contributed by atoms with Crippen LogP contribution in [0.15, 0.2) is 16.7 Å². The maximum absolute atomic E-state index is 12.3. The zero-order valence-corrected chi connectivity index (χ0v) is 14.5. The molecule has 1 amide bonds. The largest absolute Gasteiger partial charge is 0.481 e. The number of aromatic nitrogens is 1. The Bertz CT molecular complexity index is 509. The summed E-state index contributed by atoms with van der Waals surface area (Å²) < 4.78 is 2.69. The first-order chi connectivity index (χ1) is 9.72. The van der Waals surface area contributed by atoms with E-state index in [-0.39, 0.29) is 24.4 Å². The lowest BCUT2D eigenvalue weighted by Crippen LogP contribution is -2.34. The van der Waals surface area contributed by atoms with Crippen LogP contribution in [0, 0.1) is 11.8 Å². The molecule has 0 radical (unpaired) electrons. The minimum absolute atomic E-state index is 0.146. The van der Waals surface area contributed by atoms with Gasteiger partial charge >= 0.3 is 5.97 Å². The Balaban J connectivity index is 2.75. The number of halogens is 1. The van der Waals surface area contributed by atoms with Crippen LogP contribution in [-0.2, 0) is 4.79 Å². The van der Waals surface area contributed by atoms with Crippen LogP contribution in [0.25, 0.3) is 0 Å². The Morgan fingerprint density at radius 2 is 1.95 bits per heavy atom. The molecule has 0 aliphatic carbocycles. The summed E-state index contributed by atoms with van der Waals surface area (Å²) in [6.45, 7) is 8.06. The molecule has 1 rings (SSSR count). The van der Waals surface area contributed by atoms with E-state index >= 15 is 0 Å². The van der Waals surface area contributed by atoms with Crippen molar-refractivity contribution in [3.05, 3.63) is 22.4 Å². The van der Waals surface area contributed by atoms with E-state index in [1.807, 2.05) is 38.5 Å². The number of hydrogen-bond acceptors (Lipinski definition) is 2. The molecule has 0 aromatic carbocycles. The smallest absolute Gasteiger partial charge is 0.308 e. The molecule has 0 spiro atoms. The van der Waals surface area contributed by atoms with Crippen LogP contribution in [0.2, 0.25) is 0 Å². The zero-order chi connectivity index (χ0) is 16.2. The van der Waals surface area contributed by atoms with Gasteiger partial charge in [0.15, 0.2) is 0 Å². The number of nitrogens with zero attached hydrogens (tertiary/aromatic N) is 1. The minimum atomic E-state index is -0.871. The van der Waals surface area contributed by atoms with Crippen LogP contribution < -0.4 is 5.32 Å². The highest BCUT2D eigenvalue weighted by molar-refractivity contribution is 9.10. The van der Waals surface area contributed by atoms with E-state index in [4.69, 9.17) is 0 Å². The summed E-state index contributed by atoms with van der Waals surface area (Å²) in [5.74, 6) is -1.40. The van der Waals surface area contributed by atoms with Gasteiger partial charge in [0, 0.05) is 23.3 Å². The van der Waals surface area contributed by atoms with Crippen LogP contribution in [0.4, 0.5) is 0 Å². The predicted molar refractivity (Wildman–Crippen MR) is 85.4 cm³/mol. The highest BCUT2D eigenvalue weighted by Gasteiger charge is 2.21. The molecule has 0 bridgehead atoms. The van der Waals surface area contributed by atoms with Crippen LogP contribution in [0.1, 0.15) is 50.6 Å². The summed E-state index contributed by atoms with van der Waals surface area (Å²) in [5, 5.41) is 11.9. The van der Waals surface area contributed by atoms with E-state index in [9.17, 15) is 14.7 Å². The SMILES string of the molecule is CC(C)CC(CNC(=O)c1cc(Br)cn1C(C)C)C(=O)O. The molecule has 1 heterocycles. The third-order valence-electron chi connectivity index (χ3n) is 3.22. The van der Waals surface area contributed by atoms with E-state index in [0.717, 1.165) is 4.47 Å². The Morgan fingerprint density at radius 3 is 2.43 bits per heavy atom. The average Bonchev–Trinajstić information content (AvgIpc) is 2.75. The summed E-state index contributed by atoms with van der Waals surface area (Å²) in [4.78, 5) is 23.4. The first-order valence-electron chi connectivity index (χ1n) is 7.10. The van der Waals surface area contributed by atoms with Gasteiger partial charge in [-0.25, -0.2) is 0 Å². The lowest BCUT2D eigenvalue weighted by molar-refractivity contribution is -0.142. The summed E-state index contributed by atoms with van der Waals surface area (Å²) in [7, 11) is 0. The molecule has 0 aliphatic heterocycles. The van der Waals surface area contributed by atoms with Gasteiger partial charge < -0.3 is 15.0 Å². The van der Waals surface area contributed by atoms with Crippen LogP contribution in [0.3, 0.4) is 0 Å². The average molecular weight is 359 g/mol. The van der Waals surface area contributed by atoms with Gasteiger partial charge in [0.25, 0.3) is 5.91 Å². The molecule has 0 saturated heterocycles. The second-order valence-corrected chi connectivity index (χ2v) is 6.83. The highest BCUT2D eigenvalue weighted by Crippen LogP contribution is 2.19. The van der Waals surface area contributed by atoms with Crippen molar-refractivity contribution in [2.45, 2.75) is 40.2 Å². The highest BCUT2D eigenvalue weighted by atomic mass is 79.9. The molecular formula is C15H23BrN2O3. The van der Waals surface area contributed by atoms with Gasteiger partial charge in [0.1, 0.15) is 5.69 Å². The number of hydrogen-bond donors (Lipinski definition) is 2.